The van der Waals surface area contributed by atoms with Gasteiger partial charge in [-0.1, -0.05) is 30.9 Å². The molecule has 10 nitrogen and oxygen atoms in total. The minimum Gasteiger partial charge on any atom is -0.468 e. The fraction of sp³-hybridized carbons (Fsp3) is 0.455. The number of alkyl carbamates (subject to hydrolysis) is 1. The number of esters is 1. The molecule has 1 rings (SSSR count). The Morgan fingerprint density at radius 3 is 2.44 bits per heavy atom. The largest absolute Gasteiger partial charge is 0.468 e. The monoisotopic (exact) mass is 449 g/mol. The number of methoxy groups -OCH3 is 1. The maximum Gasteiger partial charge on any atom is 0.408 e. The smallest absolute Gasteiger partial charge is 0.408 e. The van der Waals surface area contributed by atoms with Crippen LogP contribution < -0.4 is 10.6 Å². The van der Waals surface area contributed by atoms with Crippen molar-refractivity contribution in [2.75, 3.05) is 33.4 Å². The summed E-state index contributed by atoms with van der Waals surface area (Å²) < 4.78 is 9.65. The second-order valence-corrected chi connectivity index (χ2v) is 7.74. The molecule has 3 N–H and O–H groups in total. The van der Waals surface area contributed by atoms with Crippen LogP contribution in [0.2, 0.25) is 0 Å². The number of aliphatic hydroxyl groups is 1. The van der Waals surface area contributed by atoms with Crippen molar-refractivity contribution in [2.24, 2.45) is 0 Å². The van der Waals surface area contributed by atoms with Crippen molar-refractivity contribution in [1.82, 2.24) is 15.5 Å². The van der Waals surface area contributed by atoms with Crippen LogP contribution in [-0.4, -0.2) is 72.8 Å². The van der Waals surface area contributed by atoms with E-state index in [2.05, 4.69) is 21.9 Å². The van der Waals surface area contributed by atoms with Crippen LogP contribution in [0.5, 0.6) is 0 Å². The van der Waals surface area contributed by atoms with Gasteiger partial charge in [0.2, 0.25) is 11.8 Å². The Morgan fingerprint density at radius 1 is 1.19 bits per heavy atom. The number of rotatable bonds is 10. The highest BCUT2D eigenvalue weighted by atomic mass is 16.6. The van der Waals surface area contributed by atoms with Gasteiger partial charge in [0.1, 0.15) is 24.7 Å². The molecule has 0 bridgehead atoms. The Labute approximate surface area is 187 Å². The normalized spacial score (nSPS) is 11.7. The molecule has 0 radical (unpaired) electrons. The van der Waals surface area contributed by atoms with Gasteiger partial charge >= 0.3 is 12.1 Å². The SMILES string of the molecule is C=Cc1cccc(C(C(=O)NCC(=O)OC)N(CCO)C(=O)CNC(=O)OC(C)(C)C)c1. The summed E-state index contributed by atoms with van der Waals surface area (Å²) in [6, 6.07) is 5.57. The number of nitrogens with one attached hydrogen (secondary N) is 2. The molecule has 0 aromatic heterocycles. The first-order chi connectivity index (χ1) is 15.0. The van der Waals surface area contributed by atoms with E-state index in [9.17, 15) is 24.3 Å². The second kappa shape index (κ2) is 12.5. The van der Waals surface area contributed by atoms with Gasteiger partial charge in [0.05, 0.1) is 13.7 Å². The number of hydrogen-bond acceptors (Lipinski definition) is 7. The third kappa shape index (κ3) is 8.76. The summed E-state index contributed by atoms with van der Waals surface area (Å²) in [6.45, 7) is 7.26. The average molecular weight is 450 g/mol. The van der Waals surface area contributed by atoms with E-state index in [0.717, 1.165) is 4.90 Å². The first-order valence-electron chi connectivity index (χ1n) is 9.96. The lowest BCUT2D eigenvalue weighted by molar-refractivity contribution is -0.144. The lowest BCUT2D eigenvalue weighted by atomic mass is 10.0. The summed E-state index contributed by atoms with van der Waals surface area (Å²) in [5.74, 6) is -1.95. The molecule has 0 fully saturated rings. The van der Waals surface area contributed by atoms with E-state index in [0.29, 0.717) is 11.1 Å². The predicted molar refractivity (Wildman–Crippen MR) is 117 cm³/mol. The maximum atomic E-state index is 13.0. The predicted octanol–water partition coefficient (Wildman–Crippen LogP) is 1.01. The van der Waals surface area contributed by atoms with E-state index in [-0.39, 0.29) is 6.54 Å². The van der Waals surface area contributed by atoms with Crippen LogP contribution in [0.15, 0.2) is 30.8 Å². The van der Waals surface area contributed by atoms with Crippen LogP contribution in [0.25, 0.3) is 6.08 Å². The molecule has 10 heteroatoms. The van der Waals surface area contributed by atoms with Gasteiger partial charge < -0.3 is 30.1 Å². The maximum absolute atomic E-state index is 13.0. The molecule has 0 saturated carbocycles. The Morgan fingerprint density at radius 2 is 1.88 bits per heavy atom. The zero-order chi connectivity index (χ0) is 24.3. The highest BCUT2D eigenvalue weighted by Gasteiger charge is 2.32. The van der Waals surface area contributed by atoms with E-state index < -0.39 is 55.2 Å². The van der Waals surface area contributed by atoms with Crippen LogP contribution in [-0.2, 0) is 23.9 Å². The summed E-state index contributed by atoms with van der Waals surface area (Å²) >= 11 is 0. The molecule has 176 valence electrons. The first-order valence-corrected chi connectivity index (χ1v) is 9.96. The van der Waals surface area contributed by atoms with Crippen molar-refractivity contribution in [1.29, 1.82) is 0 Å². The molecule has 32 heavy (non-hydrogen) atoms. The van der Waals surface area contributed by atoms with Gasteiger partial charge in [-0.25, -0.2) is 4.79 Å². The molecular weight excluding hydrogens is 418 g/mol. The highest BCUT2D eigenvalue weighted by Crippen LogP contribution is 2.23. The number of carbonyl (C=O) groups excluding carboxylic acids is 4. The lowest BCUT2D eigenvalue weighted by Gasteiger charge is -2.31. The summed E-state index contributed by atoms with van der Waals surface area (Å²) in [7, 11) is 1.18. The summed E-state index contributed by atoms with van der Waals surface area (Å²) in [6.07, 6.45) is 0.782. The molecule has 0 spiro atoms. The Kier molecular flexibility index (Phi) is 10.4. The Bertz CT molecular complexity index is 833. The minimum atomic E-state index is -1.18. The number of aliphatic hydroxyl groups excluding tert-OH is 1. The zero-order valence-corrected chi connectivity index (χ0v) is 18.8. The quantitative estimate of drug-likeness (QED) is 0.454. The molecule has 3 amide bonds. The summed E-state index contributed by atoms with van der Waals surface area (Å²) in [5, 5.41) is 14.3. The molecular formula is C22H31N3O7. The number of nitrogens with zero attached hydrogens (tertiary/aromatic N) is 1. The van der Waals surface area contributed by atoms with Crippen LogP contribution in [0.4, 0.5) is 4.79 Å². The van der Waals surface area contributed by atoms with Crippen LogP contribution in [0.1, 0.15) is 37.9 Å². The van der Waals surface area contributed by atoms with E-state index >= 15 is 0 Å². The Hall–Kier alpha value is -3.40. The summed E-state index contributed by atoms with van der Waals surface area (Å²) in [5.41, 5.74) is 0.389. The third-order valence-corrected chi connectivity index (χ3v) is 4.10. The third-order valence-electron chi connectivity index (χ3n) is 4.10. The van der Waals surface area contributed by atoms with Gasteiger partial charge in [-0.15, -0.1) is 0 Å². The van der Waals surface area contributed by atoms with Gasteiger partial charge in [-0.05, 0) is 38.0 Å². The van der Waals surface area contributed by atoms with E-state index in [1.807, 2.05) is 0 Å². The molecule has 1 atom stereocenters. The lowest BCUT2D eigenvalue weighted by Crippen LogP contribution is -2.49. The van der Waals surface area contributed by atoms with Crippen LogP contribution >= 0.6 is 0 Å². The van der Waals surface area contributed by atoms with Crippen molar-refractivity contribution < 1.29 is 33.8 Å². The van der Waals surface area contributed by atoms with Gasteiger partial charge in [-0.2, -0.15) is 0 Å². The van der Waals surface area contributed by atoms with Crippen LogP contribution in [0.3, 0.4) is 0 Å². The molecule has 0 heterocycles. The molecule has 0 saturated heterocycles. The highest BCUT2D eigenvalue weighted by molar-refractivity contribution is 5.92. The molecule has 0 aliphatic heterocycles. The van der Waals surface area contributed by atoms with Crippen molar-refractivity contribution in [3.63, 3.8) is 0 Å². The average Bonchev–Trinajstić information content (AvgIpc) is 2.74. The van der Waals surface area contributed by atoms with Crippen LogP contribution in [0, 0.1) is 0 Å². The fourth-order valence-electron chi connectivity index (χ4n) is 2.73. The van der Waals surface area contributed by atoms with Gasteiger partial charge in [0, 0.05) is 6.54 Å². The molecule has 1 aromatic carbocycles. The molecule has 0 aliphatic carbocycles. The van der Waals surface area contributed by atoms with Crippen molar-refractivity contribution in [3.05, 3.63) is 42.0 Å². The van der Waals surface area contributed by atoms with Crippen molar-refractivity contribution in [2.45, 2.75) is 32.4 Å². The Balaban J connectivity index is 3.17. The molecule has 1 unspecified atom stereocenters. The van der Waals surface area contributed by atoms with Gasteiger partial charge in [0.25, 0.3) is 0 Å². The zero-order valence-electron chi connectivity index (χ0n) is 18.8. The van der Waals surface area contributed by atoms with Gasteiger partial charge in [0.15, 0.2) is 0 Å². The topological polar surface area (TPSA) is 134 Å². The number of hydrogen-bond donors (Lipinski definition) is 3. The van der Waals surface area contributed by atoms with E-state index in [1.54, 1.807) is 51.1 Å². The molecule has 0 aliphatic rings. The second-order valence-electron chi connectivity index (χ2n) is 7.74. The summed E-state index contributed by atoms with van der Waals surface area (Å²) in [4.78, 5) is 50.4. The van der Waals surface area contributed by atoms with Gasteiger partial charge in [-0.3, -0.25) is 14.4 Å². The number of carbonyl (C=O) groups is 4. The fourth-order valence-corrected chi connectivity index (χ4v) is 2.73. The number of benzene rings is 1. The number of ether oxygens (including phenoxy) is 2. The molecule has 1 aromatic rings. The first kappa shape index (κ1) is 26.6. The number of amides is 3. The van der Waals surface area contributed by atoms with E-state index in [1.165, 1.54) is 7.11 Å². The van der Waals surface area contributed by atoms with E-state index in [4.69, 9.17) is 4.74 Å². The standard InChI is InChI=1S/C22H31N3O7/c1-6-15-8-7-9-16(12-15)19(20(29)23-14-18(28)31-5)25(10-11-26)17(27)13-24-21(30)32-22(2,3)4/h6-9,12,19,26H,1,10-11,13-14H2,2-5H3,(H,23,29)(H,24,30). The minimum absolute atomic E-state index is 0.191. The van der Waals surface area contributed by atoms with Crippen molar-refractivity contribution in [3.8, 4) is 0 Å². The van der Waals surface area contributed by atoms with Crippen molar-refractivity contribution >= 4 is 30.0 Å².